The number of hydrogen-bond acceptors (Lipinski definition) is 1. The van der Waals surface area contributed by atoms with Crippen molar-refractivity contribution >= 4 is 5.69 Å². The van der Waals surface area contributed by atoms with Gasteiger partial charge in [0, 0.05) is 13.7 Å². The van der Waals surface area contributed by atoms with Crippen molar-refractivity contribution in [3.05, 3.63) is 78.9 Å². The van der Waals surface area contributed by atoms with Crippen LogP contribution in [0.3, 0.4) is 0 Å². The van der Waals surface area contributed by atoms with E-state index in [0.717, 1.165) is 6.54 Å². The van der Waals surface area contributed by atoms with E-state index in [2.05, 4.69) is 61.8 Å². The molecule has 2 rings (SSSR count). The summed E-state index contributed by atoms with van der Waals surface area (Å²) in [4.78, 5) is 0. The molecular weight excluding hydrogens is 206 g/mol. The maximum atomic E-state index is 3.39. The van der Waals surface area contributed by atoms with Crippen LogP contribution in [-0.2, 0) is 6.54 Å². The fourth-order valence-electron chi connectivity index (χ4n) is 1.58. The summed E-state index contributed by atoms with van der Waals surface area (Å²) in [5.74, 6) is 0. The molecule has 2 aromatic rings. The van der Waals surface area contributed by atoms with Gasteiger partial charge in [-0.25, -0.2) is 0 Å². The Balaban J connectivity index is 0.000000917. The first-order valence-electron chi connectivity index (χ1n) is 5.69. The maximum Gasteiger partial charge on any atom is 0.0400 e. The summed E-state index contributed by atoms with van der Waals surface area (Å²) in [6.07, 6.45) is 0. The SMILES string of the molecule is C=C.Cc1cccc(CNc2ccccc2)c1.[HH]. The molecule has 0 aliphatic rings. The van der Waals surface area contributed by atoms with Crippen molar-refractivity contribution in [1.82, 2.24) is 0 Å². The van der Waals surface area contributed by atoms with E-state index in [0.29, 0.717) is 0 Å². The normalized spacial score (nSPS) is 9.00. The molecule has 0 spiro atoms. The minimum absolute atomic E-state index is 0. The van der Waals surface area contributed by atoms with Crippen LogP contribution in [0.5, 0.6) is 0 Å². The quantitative estimate of drug-likeness (QED) is 0.752. The van der Waals surface area contributed by atoms with Crippen LogP contribution in [0.1, 0.15) is 12.6 Å². The average Bonchev–Trinajstić information content (AvgIpc) is 2.40. The Morgan fingerprint density at radius 2 is 1.71 bits per heavy atom. The molecular formula is C16H21N. The third-order valence-electron chi connectivity index (χ3n) is 2.35. The van der Waals surface area contributed by atoms with Crippen molar-refractivity contribution in [3.8, 4) is 0 Å². The van der Waals surface area contributed by atoms with Crippen molar-refractivity contribution < 1.29 is 1.43 Å². The van der Waals surface area contributed by atoms with Crippen LogP contribution < -0.4 is 5.32 Å². The third-order valence-corrected chi connectivity index (χ3v) is 2.35. The number of benzene rings is 2. The molecule has 0 amide bonds. The Labute approximate surface area is 105 Å². The molecule has 90 valence electrons. The lowest BCUT2D eigenvalue weighted by Crippen LogP contribution is -1.98. The highest BCUT2D eigenvalue weighted by molar-refractivity contribution is 5.43. The van der Waals surface area contributed by atoms with Crippen molar-refractivity contribution in [2.75, 3.05) is 5.32 Å². The highest BCUT2D eigenvalue weighted by Gasteiger charge is 1.93. The molecule has 0 saturated heterocycles. The van der Waals surface area contributed by atoms with E-state index in [4.69, 9.17) is 0 Å². The van der Waals surface area contributed by atoms with Crippen molar-refractivity contribution in [2.24, 2.45) is 0 Å². The second-order valence-corrected chi connectivity index (χ2v) is 3.71. The summed E-state index contributed by atoms with van der Waals surface area (Å²) in [6, 6.07) is 18.8. The second-order valence-electron chi connectivity index (χ2n) is 3.71. The molecule has 0 saturated carbocycles. The summed E-state index contributed by atoms with van der Waals surface area (Å²) in [7, 11) is 0. The fraction of sp³-hybridized carbons (Fsp3) is 0.125. The monoisotopic (exact) mass is 227 g/mol. The van der Waals surface area contributed by atoms with Gasteiger partial charge in [-0.2, -0.15) is 0 Å². The minimum Gasteiger partial charge on any atom is -0.381 e. The molecule has 0 unspecified atom stereocenters. The van der Waals surface area contributed by atoms with Crippen molar-refractivity contribution in [3.63, 3.8) is 0 Å². The largest absolute Gasteiger partial charge is 0.381 e. The average molecular weight is 227 g/mol. The molecule has 0 heterocycles. The number of anilines is 1. The Morgan fingerprint density at radius 1 is 1.00 bits per heavy atom. The van der Waals surface area contributed by atoms with Gasteiger partial charge in [0.25, 0.3) is 0 Å². The number of hydrogen-bond donors (Lipinski definition) is 1. The third kappa shape index (κ3) is 4.56. The first-order valence-corrected chi connectivity index (χ1v) is 5.69. The smallest absolute Gasteiger partial charge is 0.0400 e. The zero-order chi connectivity index (χ0) is 12.5. The van der Waals surface area contributed by atoms with Crippen molar-refractivity contribution in [1.29, 1.82) is 0 Å². The van der Waals surface area contributed by atoms with E-state index in [1.165, 1.54) is 16.8 Å². The van der Waals surface area contributed by atoms with Crippen LogP contribution in [-0.4, -0.2) is 0 Å². The summed E-state index contributed by atoms with van der Waals surface area (Å²) < 4.78 is 0. The van der Waals surface area contributed by atoms with Gasteiger partial charge in [-0.3, -0.25) is 0 Å². The van der Waals surface area contributed by atoms with Crippen LogP contribution >= 0.6 is 0 Å². The summed E-state index contributed by atoms with van der Waals surface area (Å²) in [5.41, 5.74) is 3.79. The first kappa shape index (κ1) is 13.0. The van der Waals surface area contributed by atoms with E-state index in [1.807, 2.05) is 18.2 Å². The molecule has 0 radical (unpaired) electrons. The molecule has 0 atom stereocenters. The summed E-state index contributed by atoms with van der Waals surface area (Å²) >= 11 is 0. The van der Waals surface area contributed by atoms with E-state index in [-0.39, 0.29) is 1.43 Å². The van der Waals surface area contributed by atoms with E-state index in [1.54, 1.807) is 0 Å². The Bertz CT molecular complexity index is 440. The number of nitrogens with one attached hydrogen (secondary N) is 1. The zero-order valence-corrected chi connectivity index (χ0v) is 10.3. The molecule has 0 bridgehead atoms. The topological polar surface area (TPSA) is 12.0 Å². The number of rotatable bonds is 3. The zero-order valence-electron chi connectivity index (χ0n) is 10.3. The number of para-hydroxylation sites is 1. The molecule has 1 N–H and O–H groups in total. The maximum absolute atomic E-state index is 3.39. The van der Waals surface area contributed by atoms with Gasteiger partial charge in [0.15, 0.2) is 0 Å². The standard InChI is InChI=1S/C14H15N.C2H4.H2/c1-12-6-5-7-13(10-12)11-15-14-8-3-2-4-9-14;1-2;/h2-10,15H,11H2,1H3;1-2H2;1H. The Morgan fingerprint density at radius 3 is 2.35 bits per heavy atom. The van der Waals surface area contributed by atoms with Gasteiger partial charge in [-0.1, -0.05) is 48.0 Å². The van der Waals surface area contributed by atoms with Crippen LogP contribution in [0.4, 0.5) is 5.69 Å². The first-order chi connectivity index (χ1) is 8.34. The highest BCUT2D eigenvalue weighted by Crippen LogP contribution is 2.09. The molecule has 2 aromatic carbocycles. The predicted molar refractivity (Wildman–Crippen MR) is 78.3 cm³/mol. The van der Waals surface area contributed by atoms with Crippen LogP contribution in [0.15, 0.2) is 67.8 Å². The minimum atomic E-state index is 0. The van der Waals surface area contributed by atoms with Gasteiger partial charge >= 0.3 is 0 Å². The van der Waals surface area contributed by atoms with Crippen LogP contribution in [0.25, 0.3) is 0 Å². The van der Waals surface area contributed by atoms with Crippen LogP contribution in [0.2, 0.25) is 0 Å². The van der Waals surface area contributed by atoms with Gasteiger partial charge in [0.05, 0.1) is 0 Å². The van der Waals surface area contributed by atoms with E-state index in [9.17, 15) is 0 Å². The van der Waals surface area contributed by atoms with Gasteiger partial charge < -0.3 is 5.32 Å². The highest BCUT2D eigenvalue weighted by atomic mass is 14.9. The molecule has 1 heteroatoms. The molecule has 1 nitrogen and oxygen atoms in total. The van der Waals surface area contributed by atoms with Crippen molar-refractivity contribution in [2.45, 2.75) is 13.5 Å². The predicted octanol–water partition coefficient (Wildman–Crippen LogP) is 4.66. The molecule has 0 fully saturated rings. The molecule has 0 aromatic heterocycles. The summed E-state index contributed by atoms with van der Waals surface area (Å²) in [6.45, 7) is 9.00. The Kier molecular flexibility index (Phi) is 5.59. The lowest BCUT2D eigenvalue weighted by atomic mass is 10.1. The van der Waals surface area contributed by atoms with E-state index < -0.39 is 0 Å². The van der Waals surface area contributed by atoms with Gasteiger partial charge in [-0.05, 0) is 24.6 Å². The Hall–Kier alpha value is -2.02. The summed E-state index contributed by atoms with van der Waals surface area (Å²) in [5, 5.41) is 3.39. The van der Waals surface area contributed by atoms with Gasteiger partial charge in [-0.15, -0.1) is 13.2 Å². The molecule has 0 aliphatic heterocycles. The lowest BCUT2D eigenvalue weighted by Gasteiger charge is -2.06. The molecule has 0 aliphatic carbocycles. The lowest BCUT2D eigenvalue weighted by molar-refractivity contribution is 1.14. The van der Waals surface area contributed by atoms with Crippen LogP contribution in [0, 0.1) is 6.92 Å². The van der Waals surface area contributed by atoms with Gasteiger partial charge in [0.1, 0.15) is 0 Å². The van der Waals surface area contributed by atoms with E-state index >= 15 is 0 Å². The number of aryl methyl sites for hydroxylation is 1. The fourth-order valence-corrected chi connectivity index (χ4v) is 1.58. The molecule has 17 heavy (non-hydrogen) atoms. The van der Waals surface area contributed by atoms with Gasteiger partial charge in [0.2, 0.25) is 0 Å². The second kappa shape index (κ2) is 7.29.